The first-order valence-electron chi connectivity index (χ1n) is 7.94. The lowest BCUT2D eigenvalue weighted by molar-refractivity contribution is 0.251. The summed E-state index contributed by atoms with van der Waals surface area (Å²) in [7, 11) is 0. The third kappa shape index (κ3) is 5.64. The smallest absolute Gasteiger partial charge is 0.319 e. The summed E-state index contributed by atoms with van der Waals surface area (Å²) >= 11 is 1.86. The summed E-state index contributed by atoms with van der Waals surface area (Å²) in [5, 5.41) is 6.39. The first-order chi connectivity index (χ1) is 11.1. The molecule has 122 valence electrons. The highest BCUT2D eigenvalue weighted by Gasteiger charge is 2.07. The topological polar surface area (TPSA) is 41.1 Å². The summed E-state index contributed by atoms with van der Waals surface area (Å²) in [5.41, 5.74) is 3.01. The summed E-state index contributed by atoms with van der Waals surface area (Å²) in [6, 6.07) is 15.9. The summed E-state index contributed by atoms with van der Waals surface area (Å²) in [6.07, 6.45) is 1.14. The number of nitrogens with one attached hydrogen (secondary N) is 2. The van der Waals surface area contributed by atoms with Crippen LogP contribution in [-0.4, -0.2) is 11.3 Å². The van der Waals surface area contributed by atoms with E-state index in [-0.39, 0.29) is 6.03 Å². The Morgan fingerprint density at radius 1 is 1.17 bits per heavy atom. The Morgan fingerprint density at radius 3 is 2.57 bits per heavy atom. The minimum Gasteiger partial charge on any atom is -0.334 e. The molecule has 0 aliphatic carbocycles. The van der Waals surface area contributed by atoms with Crippen molar-refractivity contribution in [2.75, 3.05) is 5.32 Å². The predicted molar refractivity (Wildman–Crippen MR) is 99.1 cm³/mol. The van der Waals surface area contributed by atoms with Gasteiger partial charge in [-0.2, -0.15) is 0 Å². The summed E-state index contributed by atoms with van der Waals surface area (Å²) in [4.78, 5) is 13.3. The maximum atomic E-state index is 12.0. The van der Waals surface area contributed by atoms with Gasteiger partial charge in [0.1, 0.15) is 0 Å². The molecule has 0 saturated carbocycles. The van der Waals surface area contributed by atoms with E-state index >= 15 is 0 Å². The standard InChI is InChI=1S/C19H24N2OS/c1-4-15(3)23-17-10-11-18(14(2)12-17)21-19(22)20-13-16-8-6-5-7-9-16/h5-12,15H,4,13H2,1-3H3,(H2,20,21,22). The molecule has 0 saturated heterocycles. The maximum absolute atomic E-state index is 12.0. The van der Waals surface area contributed by atoms with Crippen molar-refractivity contribution >= 4 is 23.5 Å². The largest absolute Gasteiger partial charge is 0.334 e. The first-order valence-corrected chi connectivity index (χ1v) is 8.82. The van der Waals surface area contributed by atoms with Crippen molar-refractivity contribution in [3.63, 3.8) is 0 Å². The van der Waals surface area contributed by atoms with Crippen molar-refractivity contribution in [3.8, 4) is 0 Å². The molecule has 23 heavy (non-hydrogen) atoms. The van der Waals surface area contributed by atoms with Crippen molar-refractivity contribution in [1.29, 1.82) is 0 Å². The molecule has 0 bridgehead atoms. The predicted octanol–water partition coefficient (Wildman–Crippen LogP) is 5.21. The minimum absolute atomic E-state index is 0.181. The quantitative estimate of drug-likeness (QED) is 0.715. The van der Waals surface area contributed by atoms with E-state index in [2.05, 4.69) is 36.6 Å². The van der Waals surface area contributed by atoms with Gasteiger partial charge in [0.15, 0.2) is 0 Å². The molecule has 2 N–H and O–H groups in total. The van der Waals surface area contributed by atoms with Crippen molar-refractivity contribution in [3.05, 3.63) is 59.7 Å². The number of urea groups is 1. The third-order valence-corrected chi connectivity index (χ3v) is 4.92. The number of rotatable bonds is 6. The molecule has 2 aromatic rings. The van der Waals surface area contributed by atoms with Gasteiger partial charge in [0.05, 0.1) is 0 Å². The van der Waals surface area contributed by atoms with Crippen molar-refractivity contribution < 1.29 is 4.79 Å². The van der Waals surface area contributed by atoms with Gasteiger partial charge in [-0.25, -0.2) is 4.79 Å². The Balaban J connectivity index is 1.90. The zero-order valence-corrected chi connectivity index (χ0v) is 14.7. The Kier molecular flexibility index (Phi) is 6.53. The van der Waals surface area contributed by atoms with Crippen LogP contribution in [0.1, 0.15) is 31.4 Å². The lowest BCUT2D eigenvalue weighted by Gasteiger charge is -2.13. The van der Waals surface area contributed by atoms with Gasteiger partial charge in [-0.1, -0.05) is 44.2 Å². The van der Waals surface area contributed by atoms with Crippen LogP contribution < -0.4 is 10.6 Å². The van der Waals surface area contributed by atoms with Gasteiger partial charge in [0.2, 0.25) is 0 Å². The van der Waals surface area contributed by atoms with Crippen molar-refractivity contribution in [1.82, 2.24) is 5.32 Å². The lowest BCUT2D eigenvalue weighted by atomic mass is 10.2. The van der Waals surface area contributed by atoms with Crippen LogP contribution in [0.3, 0.4) is 0 Å². The molecule has 2 rings (SSSR count). The van der Waals surface area contributed by atoms with Crippen LogP contribution in [-0.2, 0) is 6.54 Å². The molecule has 1 unspecified atom stereocenters. The second-order valence-corrected chi connectivity index (χ2v) is 7.12. The van der Waals surface area contributed by atoms with E-state index in [4.69, 9.17) is 0 Å². The first kappa shape index (κ1) is 17.4. The van der Waals surface area contributed by atoms with E-state index in [1.165, 1.54) is 4.90 Å². The molecule has 2 aromatic carbocycles. The number of hydrogen-bond acceptors (Lipinski definition) is 2. The zero-order chi connectivity index (χ0) is 16.7. The molecule has 1 atom stereocenters. The number of hydrogen-bond donors (Lipinski definition) is 2. The van der Waals surface area contributed by atoms with Crippen LogP contribution in [0.15, 0.2) is 53.4 Å². The van der Waals surface area contributed by atoms with Crippen LogP contribution >= 0.6 is 11.8 Å². The number of carbonyl (C=O) groups is 1. The fourth-order valence-electron chi connectivity index (χ4n) is 2.11. The minimum atomic E-state index is -0.181. The SMILES string of the molecule is CCC(C)Sc1ccc(NC(=O)NCc2ccccc2)c(C)c1. The number of thioether (sulfide) groups is 1. The summed E-state index contributed by atoms with van der Waals surface area (Å²) in [6.45, 7) is 6.96. The molecule has 0 radical (unpaired) electrons. The molecule has 0 fully saturated rings. The van der Waals surface area contributed by atoms with Crippen molar-refractivity contribution in [2.24, 2.45) is 0 Å². The maximum Gasteiger partial charge on any atom is 0.319 e. The number of anilines is 1. The lowest BCUT2D eigenvalue weighted by Crippen LogP contribution is -2.28. The molecular weight excluding hydrogens is 304 g/mol. The Hall–Kier alpha value is -1.94. The molecule has 4 heteroatoms. The van der Waals surface area contributed by atoms with Gasteiger partial charge < -0.3 is 10.6 Å². The number of aryl methyl sites for hydroxylation is 1. The number of carbonyl (C=O) groups excluding carboxylic acids is 1. The van der Waals surface area contributed by atoms with E-state index in [9.17, 15) is 4.79 Å². The van der Waals surface area contributed by atoms with Crippen LogP contribution in [0.25, 0.3) is 0 Å². The van der Waals surface area contributed by atoms with E-state index in [1.807, 2.05) is 55.1 Å². The van der Waals surface area contributed by atoms with E-state index < -0.39 is 0 Å². The third-order valence-electron chi connectivity index (χ3n) is 3.65. The highest BCUT2D eigenvalue weighted by Crippen LogP contribution is 2.28. The highest BCUT2D eigenvalue weighted by atomic mass is 32.2. The molecule has 3 nitrogen and oxygen atoms in total. The molecule has 0 aliphatic heterocycles. The molecule has 0 heterocycles. The van der Waals surface area contributed by atoms with Gasteiger partial charge in [0, 0.05) is 22.4 Å². The normalized spacial score (nSPS) is 11.8. The molecule has 0 aromatic heterocycles. The average Bonchev–Trinajstić information content (AvgIpc) is 2.56. The van der Waals surface area contributed by atoms with Crippen LogP contribution in [0, 0.1) is 6.92 Å². The monoisotopic (exact) mass is 328 g/mol. The van der Waals surface area contributed by atoms with Gasteiger partial charge in [0.25, 0.3) is 0 Å². The molecule has 0 aliphatic rings. The van der Waals surface area contributed by atoms with E-state index in [0.717, 1.165) is 23.2 Å². The van der Waals surface area contributed by atoms with Gasteiger partial charge in [-0.05, 0) is 42.7 Å². The highest BCUT2D eigenvalue weighted by molar-refractivity contribution is 7.99. The molecular formula is C19H24N2OS. The van der Waals surface area contributed by atoms with E-state index in [1.54, 1.807) is 0 Å². The summed E-state index contributed by atoms with van der Waals surface area (Å²) in [5.74, 6) is 0. The average molecular weight is 328 g/mol. The summed E-state index contributed by atoms with van der Waals surface area (Å²) < 4.78 is 0. The Labute approximate surface area is 142 Å². The second kappa shape index (κ2) is 8.63. The van der Waals surface area contributed by atoms with Gasteiger partial charge >= 0.3 is 6.03 Å². The van der Waals surface area contributed by atoms with Gasteiger partial charge in [-0.3, -0.25) is 0 Å². The van der Waals surface area contributed by atoms with Crippen molar-refractivity contribution in [2.45, 2.75) is 43.9 Å². The second-order valence-electron chi connectivity index (χ2n) is 5.61. The van der Waals surface area contributed by atoms with Crippen LogP contribution in [0.5, 0.6) is 0 Å². The molecule has 2 amide bonds. The van der Waals surface area contributed by atoms with E-state index in [0.29, 0.717) is 11.8 Å². The zero-order valence-electron chi connectivity index (χ0n) is 13.9. The Bertz CT molecular complexity index is 643. The Morgan fingerprint density at radius 2 is 1.91 bits per heavy atom. The number of amides is 2. The molecule has 0 spiro atoms. The van der Waals surface area contributed by atoms with Crippen LogP contribution in [0.4, 0.5) is 10.5 Å². The fourth-order valence-corrected chi connectivity index (χ4v) is 3.13. The van der Waals surface area contributed by atoms with Gasteiger partial charge in [-0.15, -0.1) is 11.8 Å². The number of benzene rings is 2. The fraction of sp³-hybridized carbons (Fsp3) is 0.316. The van der Waals surface area contributed by atoms with Crippen LogP contribution in [0.2, 0.25) is 0 Å².